The van der Waals surface area contributed by atoms with Gasteiger partial charge in [0.25, 0.3) is 0 Å². The zero-order valence-corrected chi connectivity index (χ0v) is 7.18. The van der Waals surface area contributed by atoms with Crippen molar-refractivity contribution < 1.29 is 0 Å². The molecule has 13 heavy (non-hydrogen) atoms. The van der Waals surface area contributed by atoms with Crippen molar-refractivity contribution in [2.24, 2.45) is 0 Å². The monoisotopic (exact) mass is 196 g/mol. The van der Waals surface area contributed by atoms with Crippen LogP contribution in [0.4, 0.5) is 5.95 Å². The van der Waals surface area contributed by atoms with Crippen molar-refractivity contribution in [2.45, 2.75) is 0 Å². The molecule has 0 aliphatic carbocycles. The van der Waals surface area contributed by atoms with Gasteiger partial charge in [-0.1, -0.05) is 0 Å². The van der Waals surface area contributed by atoms with Crippen LogP contribution in [0.5, 0.6) is 0 Å². The van der Waals surface area contributed by atoms with Crippen LogP contribution >= 0.6 is 11.6 Å². The Bertz CT molecular complexity index is 425. The summed E-state index contributed by atoms with van der Waals surface area (Å²) in [6.07, 6.45) is 4.50. The number of hydrogen-bond donors (Lipinski definition) is 1. The molecule has 0 spiro atoms. The molecule has 0 radical (unpaired) electrons. The van der Waals surface area contributed by atoms with E-state index in [-0.39, 0.29) is 5.28 Å². The van der Waals surface area contributed by atoms with Crippen LogP contribution in [0.3, 0.4) is 0 Å². The first-order chi connectivity index (χ1) is 6.27. The van der Waals surface area contributed by atoms with Gasteiger partial charge in [0.15, 0.2) is 0 Å². The van der Waals surface area contributed by atoms with E-state index in [9.17, 15) is 0 Å². The Balaban J connectivity index is 2.53. The number of nitrogen functional groups attached to an aromatic ring is 1. The maximum absolute atomic E-state index is 5.58. The molecule has 7 heteroatoms. The topological polar surface area (TPSA) is 82.5 Å². The fraction of sp³-hybridized carbons (Fsp3) is 0. The molecule has 0 bridgehead atoms. The molecule has 66 valence electrons. The predicted molar refractivity (Wildman–Crippen MR) is 46.4 cm³/mol. The van der Waals surface area contributed by atoms with Crippen LogP contribution < -0.4 is 5.73 Å². The second-order valence-electron chi connectivity index (χ2n) is 2.21. The van der Waals surface area contributed by atoms with Crippen LogP contribution in [0.2, 0.25) is 5.28 Å². The number of rotatable bonds is 1. The first-order valence-corrected chi connectivity index (χ1v) is 3.79. The number of hydrogen-bond acceptors (Lipinski definition) is 5. The van der Waals surface area contributed by atoms with Gasteiger partial charge in [-0.15, -0.1) is 0 Å². The van der Waals surface area contributed by atoms with Crippen molar-refractivity contribution in [3.8, 4) is 5.95 Å². The van der Waals surface area contributed by atoms with Gasteiger partial charge in [0.1, 0.15) is 6.33 Å². The normalized spacial score (nSPS) is 10.2. The molecule has 2 heterocycles. The highest BCUT2D eigenvalue weighted by Crippen LogP contribution is 2.07. The molecule has 2 aromatic rings. The molecule has 0 saturated carbocycles. The lowest BCUT2D eigenvalue weighted by molar-refractivity contribution is 0.903. The highest BCUT2D eigenvalue weighted by atomic mass is 35.5. The molecule has 0 aliphatic rings. The number of anilines is 1. The summed E-state index contributed by atoms with van der Waals surface area (Å²) < 4.78 is 1.51. The van der Waals surface area contributed by atoms with Crippen LogP contribution in [-0.2, 0) is 0 Å². The minimum Gasteiger partial charge on any atom is -0.369 e. The Kier molecular flexibility index (Phi) is 1.82. The second kappa shape index (κ2) is 2.98. The summed E-state index contributed by atoms with van der Waals surface area (Å²) in [5, 5.41) is 0.123. The van der Waals surface area contributed by atoms with Crippen LogP contribution in [0.1, 0.15) is 0 Å². The molecule has 2 N–H and O–H groups in total. The third-order valence-corrected chi connectivity index (χ3v) is 1.60. The summed E-state index contributed by atoms with van der Waals surface area (Å²) in [7, 11) is 0. The van der Waals surface area contributed by atoms with Gasteiger partial charge in [-0.3, -0.25) is 4.57 Å². The van der Waals surface area contributed by atoms with Crippen molar-refractivity contribution in [1.82, 2.24) is 24.5 Å². The van der Waals surface area contributed by atoms with Gasteiger partial charge in [-0.05, 0) is 11.6 Å². The van der Waals surface area contributed by atoms with E-state index in [2.05, 4.69) is 19.9 Å². The Morgan fingerprint density at radius 3 is 2.77 bits per heavy atom. The highest BCUT2D eigenvalue weighted by Gasteiger charge is 2.04. The smallest absolute Gasteiger partial charge is 0.240 e. The second-order valence-corrected chi connectivity index (χ2v) is 2.55. The molecular weight excluding hydrogens is 192 g/mol. The maximum atomic E-state index is 5.58. The Labute approximate surface area is 78.4 Å². The third kappa shape index (κ3) is 1.43. The number of aromatic nitrogens is 5. The molecule has 0 aromatic carbocycles. The van der Waals surface area contributed by atoms with Gasteiger partial charge in [-0.25, -0.2) is 15.0 Å². The summed E-state index contributed by atoms with van der Waals surface area (Å²) in [6, 6.07) is 0. The van der Waals surface area contributed by atoms with E-state index in [0.717, 1.165) is 0 Å². The van der Waals surface area contributed by atoms with Gasteiger partial charge in [0.2, 0.25) is 17.2 Å². The van der Waals surface area contributed by atoms with E-state index in [1.54, 1.807) is 12.4 Å². The highest BCUT2D eigenvalue weighted by molar-refractivity contribution is 6.28. The van der Waals surface area contributed by atoms with Crippen LogP contribution in [-0.4, -0.2) is 24.5 Å². The zero-order chi connectivity index (χ0) is 9.26. The molecule has 0 atom stereocenters. The number of nitrogens with two attached hydrogens (primary N) is 1. The Hall–Kier alpha value is -1.69. The number of imidazole rings is 1. The van der Waals surface area contributed by atoms with Crippen molar-refractivity contribution in [1.29, 1.82) is 0 Å². The molecule has 2 aromatic heterocycles. The molecule has 0 fully saturated rings. The van der Waals surface area contributed by atoms with Crippen LogP contribution in [0, 0.1) is 0 Å². The first-order valence-electron chi connectivity index (χ1n) is 3.41. The third-order valence-electron chi connectivity index (χ3n) is 1.41. The number of halogens is 1. The summed E-state index contributed by atoms with van der Waals surface area (Å²) in [5.41, 5.74) is 5.53. The quantitative estimate of drug-likeness (QED) is 0.709. The zero-order valence-electron chi connectivity index (χ0n) is 6.42. The molecule has 0 aliphatic heterocycles. The fourth-order valence-corrected chi connectivity index (χ4v) is 0.988. The molecule has 6 nitrogen and oxygen atoms in total. The minimum absolute atomic E-state index is 0.123. The van der Waals surface area contributed by atoms with E-state index >= 15 is 0 Å². The predicted octanol–water partition coefficient (Wildman–Crippen LogP) is 0.293. The SMILES string of the molecule is Nc1nccn1-c1ncnc(Cl)n1. The van der Waals surface area contributed by atoms with Gasteiger partial charge < -0.3 is 5.73 Å². The van der Waals surface area contributed by atoms with Gasteiger partial charge in [0.05, 0.1) is 0 Å². The lowest BCUT2D eigenvalue weighted by Crippen LogP contribution is -2.04. The average Bonchev–Trinajstić information content (AvgIpc) is 2.51. The maximum Gasteiger partial charge on any atom is 0.240 e. The summed E-state index contributed by atoms with van der Waals surface area (Å²) in [4.78, 5) is 15.2. The van der Waals surface area contributed by atoms with Crippen LogP contribution in [0.15, 0.2) is 18.7 Å². The van der Waals surface area contributed by atoms with Crippen molar-refractivity contribution in [3.63, 3.8) is 0 Å². The Morgan fingerprint density at radius 1 is 1.31 bits per heavy atom. The molecule has 0 amide bonds. The number of nitrogens with zero attached hydrogens (tertiary/aromatic N) is 5. The fourth-order valence-electron chi connectivity index (χ4n) is 0.869. The lowest BCUT2D eigenvalue weighted by atomic mass is 10.8. The van der Waals surface area contributed by atoms with E-state index < -0.39 is 0 Å². The first kappa shape index (κ1) is 7.93. The molecule has 0 saturated heterocycles. The van der Waals surface area contributed by atoms with Gasteiger partial charge in [0, 0.05) is 12.4 Å². The molecular formula is C6H5ClN6. The minimum atomic E-state index is 0.123. The average molecular weight is 197 g/mol. The van der Waals surface area contributed by atoms with Crippen molar-refractivity contribution >= 4 is 17.5 Å². The van der Waals surface area contributed by atoms with Crippen molar-refractivity contribution in [2.75, 3.05) is 5.73 Å². The molecule has 2 rings (SSSR count). The van der Waals surface area contributed by atoms with Gasteiger partial charge in [-0.2, -0.15) is 4.98 Å². The summed E-state index contributed by atoms with van der Waals surface area (Å²) in [5.74, 6) is 0.664. The summed E-state index contributed by atoms with van der Waals surface area (Å²) in [6.45, 7) is 0. The van der Waals surface area contributed by atoms with E-state index in [4.69, 9.17) is 17.3 Å². The Morgan fingerprint density at radius 2 is 2.15 bits per heavy atom. The van der Waals surface area contributed by atoms with E-state index in [0.29, 0.717) is 11.9 Å². The van der Waals surface area contributed by atoms with Gasteiger partial charge >= 0.3 is 0 Å². The summed E-state index contributed by atoms with van der Waals surface area (Å²) >= 11 is 5.58. The van der Waals surface area contributed by atoms with Crippen molar-refractivity contribution in [3.05, 3.63) is 24.0 Å². The largest absolute Gasteiger partial charge is 0.369 e. The van der Waals surface area contributed by atoms with E-state index in [1.807, 2.05) is 0 Å². The standard InChI is InChI=1S/C6H5ClN6/c7-4-10-3-11-6(12-4)13-2-1-9-5(13)8/h1-3H,(H2,8,9). The van der Waals surface area contributed by atoms with Crippen LogP contribution in [0.25, 0.3) is 5.95 Å². The van der Waals surface area contributed by atoms with E-state index in [1.165, 1.54) is 10.9 Å². The molecule has 0 unspecified atom stereocenters. The lowest BCUT2D eigenvalue weighted by Gasteiger charge is -2.00.